The first kappa shape index (κ1) is 15.2. The molecule has 0 amide bonds. The third kappa shape index (κ3) is 3.45. The Bertz CT molecular complexity index is 549. The van der Waals surface area contributed by atoms with Crippen LogP contribution >= 0.6 is 15.9 Å². The maximum atomic E-state index is 5.69. The van der Waals surface area contributed by atoms with Crippen LogP contribution in [0.2, 0.25) is 0 Å². The molecule has 0 saturated heterocycles. The van der Waals surface area contributed by atoms with Crippen molar-refractivity contribution in [1.29, 1.82) is 0 Å². The molecular weight excluding hydrogens is 318 g/mol. The summed E-state index contributed by atoms with van der Waals surface area (Å²) < 4.78 is 2.99. The van der Waals surface area contributed by atoms with Gasteiger partial charge >= 0.3 is 0 Å². The van der Waals surface area contributed by atoms with Crippen LogP contribution in [0.1, 0.15) is 37.0 Å². The summed E-state index contributed by atoms with van der Waals surface area (Å²) in [5, 5.41) is 4.56. The smallest absolute Gasteiger partial charge is 0.0687 e. The highest BCUT2D eigenvalue weighted by atomic mass is 79.9. The summed E-state index contributed by atoms with van der Waals surface area (Å²) in [7, 11) is 0. The van der Waals surface area contributed by atoms with Gasteiger partial charge < -0.3 is 0 Å². The topological polar surface area (TPSA) is 68.8 Å². The van der Waals surface area contributed by atoms with E-state index < -0.39 is 0 Å². The van der Waals surface area contributed by atoms with Gasteiger partial charge in [-0.2, -0.15) is 5.10 Å². The van der Waals surface area contributed by atoms with Crippen LogP contribution in [0.3, 0.4) is 0 Å². The van der Waals surface area contributed by atoms with Crippen molar-refractivity contribution in [3.8, 4) is 0 Å². The zero-order valence-electron chi connectivity index (χ0n) is 11.8. The quantitative estimate of drug-likeness (QED) is 0.627. The molecule has 2 rings (SSSR count). The second-order valence-electron chi connectivity index (χ2n) is 4.62. The van der Waals surface area contributed by atoms with Crippen molar-refractivity contribution >= 4 is 15.9 Å². The lowest BCUT2D eigenvalue weighted by atomic mass is 10.1. The Morgan fingerprint density at radius 3 is 2.75 bits per heavy atom. The van der Waals surface area contributed by atoms with Crippen LogP contribution in [0.15, 0.2) is 28.9 Å². The Morgan fingerprint density at radius 2 is 2.20 bits per heavy atom. The predicted octanol–water partition coefficient (Wildman–Crippen LogP) is 2.37. The van der Waals surface area contributed by atoms with Gasteiger partial charge in [-0.3, -0.25) is 20.9 Å². The van der Waals surface area contributed by atoms with E-state index in [1.54, 1.807) is 6.20 Å². The van der Waals surface area contributed by atoms with Crippen LogP contribution in [0.5, 0.6) is 0 Å². The van der Waals surface area contributed by atoms with Crippen molar-refractivity contribution in [1.82, 2.24) is 20.2 Å². The van der Waals surface area contributed by atoms with Crippen LogP contribution in [0.25, 0.3) is 0 Å². The van der Waals surface area contributed by atoms with Crippen molar-refractivity contribution in [2.75, 3.05) is 0 Å². The monoisotopic (exact) mass is 337 g/mol. The zero-order chi connectivity index (χ0) is 14.5. The van der Waals surface area contributed by atoms with Crippen molar-refractivity contribution in [2.45, 2.75) is 39.3 Å². The van der Waals surface area contributed by atoms with Crippen LogP contribution in [0.4, 0.5) is 0 Å². The fourth-order valence-corrected chi connectivity index (χ4v) is 2.41. The zero-order valence-corrected chi connectivity index (χ0v) is 13.4. The van der Waals surface area contributed by atoms with E-state index in [1.165, 1.54) is 5.69 Å². The Hall–Kier alpha value is -1.24. The van der Waals surface area contributed by atoms with Gasteiger partial charge in [0, 0.05) is 29.3 Å². The maximum Gasteiger partial charge on any atom is 0.0687 e. The first-order valence-corrected chi connectivity index (χ1v) is 7.60. The van der Waals surface area contributed by atoms with Gasteiger partial charge in [0.1, 0.15) is 0 Å². The number of pyridine rings is 1. The minimum absolute atomic E-state index is 0.0187. The minimum atomic E-state index is -0.0187. The third-order valence-corrected chi connectivity index (χ3v) is 3.77. The van der Waals surface area contributed by atoms with Gasteiger partial charge in [-0.05, 0) is 47.5 Å². The van der Waals surface area contributed by atoms with Crippen molar-refractivity contribution in [3.05, 3.63) is 46.0 Å². The van der Waals surface area contributed by atoms with Crippen LogP contribution in [0, 0.1) is 0 Å². The molecule has 0 spiro atoms. The second-order valence-corrected chi connectivity index (χ2v) is 5.54. The molecule has 1 unspecified atom stereocenters. The molecule has 5 nitrogen and oxygen atoms in total. The normalized spacial score (nSPS) is 12.6. The highest BCUT2D eigenvalue weighted by Crippen LogP contribution is 2.18. The van der Waals surface area contributed by atoms with E-state index >= 15 is 0 Å². The molecule has 0 bridgehead atoms. The molecular formula is C14H20BrN5. The van der Waals surface area contributed by atoms with Crippen LogP contribution in [-0.2, 0) is 19.4 Å². The average molecular weight is 338 g/mol. The average Bonchev–Trinajstić information content (AvgIpc) is 2.88. The lowest BCUT2D eigenvalue weighted by Crippen LogP contribution is -2.30. The molecule has 0 aromatic carbocycles. The van der Waals surface area contributed by atoms with Crippen LogP contribution < -0.4 is 11.3 Å². The number of nitrogens with zero attached hydrogens (tertiary/aromatic N) is 3. The molecule has 0 radical (unpaired) electrons. The number of hydrogen-bond donors (Lipinski definition) is 2. The fourth-order valence-electron chi connectivity index (χ4n) is 2.18. The summed E-state index contributed by atoms with van der Waals surface area (Å²) in [5.74, 6) is 5.69. The first-order valence-electron chi connectivity index (χ1n) is 6.81. The molecule has 6 heteroatoms. The lowest BCUT2D eigenvalue weighted by Gasteiger charge is -2.16. The van der Waals surface area contributed by atoms with Gasteiger partial charge in [-0.15, -0.1) is 0 Å². The number of aromatic nitrogens is 3. The van der Waals surface area contributed by atoms with E-state index in [0.29, 0.717) is 0 Å². The number of aryl methyl sites for hydroxylation is 2. The van der Waals surface area contributed by atoms with Gasteiger partial charge in [-0.1, -0.05) is 6.92 Å². The van der Waals surface area contributed by atoms with E-state index in [1.807, 2.05) is 16.8 Å². The maximum absolute atomic E-state index is 5.69. The lowest BCUT2D eigenvalue weighted by molar-refractivity contribution is 0.507. The molecule has 0 aliphatic carbocycles. The number of nitrogens with two attached hydrogens (primary N) is 1. The van der Waals surface area contributed by atoms with Crippen molar-refractivity contribution in [3.63, 3.8) is 0 Å². The number of nitrogens with one attached hydrogen (secondary N) is 1. The van der Waals surface area contributed by atoms with Crippen molar-refractivity contribution in [2.24, 2.45) is 5.84 Å². The van der Waals surface area contributed by atoms with Gasteiger partial charge in [0.2, 0.25) is 0 Å². The van der Waals surface area contributed by atoms with E-state index in [0.717, 1.165) is 35.2 Å². The Labute approximate surface area is 127 Å². The summed E-state index contributed by atoms with van der Waals surface area (Å²) >= 11 is 3.39. The molecule has 108 valence electrons. The first-order chi connectivity index (χ1) is 9.67. The van der Waals surface area contributed by atoms with Crippen LogP contribution in [-0.4, -0.2) is 14.8 Å². The standard InChI is InChI=1S/C14H20BrN5/c1-3-11-7-12(20(4-2)19-11)8-14(18-16)13-6-5-10(15)9-17-13/h5-7,9,14,18H,3-4,8,16H2,1-2H3. The van der Waals surface area contributed by atoms with E-state index in [2.05, 4.69) is 51.4 Å². The molecule has 2 heterocycles. The highest BCUT2D eigenvalue weighted by molar-refractivity contribution is 9.10. The molecule has 0 aliphatic heterocycles. The SMILES string of the molecule is CCc1cc(CC(NN)c2ccc(Br)cn2)n(CC)n1. The van der Waals surface area contributed by atoms with Gasteiger partial charge in [0.15, 0.2) is 0 Å². The van der Waals surface area contributed by atoms with Gasteiger partial charge in [0.05, 0.1) is 17.4 Å². The number of hydrogen-bond acceptors (Lipinski definition) is 4. The van der Waals surface area contributed by atoms with E-state index in [4.69, 9.17) is 5.84 Å². The molecule has 2 aromatic rings. The molecule has 20 heavy (non-hydrogen) atoms. The van der Waals surface area contributed by atoms with Gasteiger partial charge in [0.25, 0.3) is 0 Å². The Balaban J connectivity index is 2.21. The van der Waals surface area contributed by atoms with Gasteiger partial charge in [-0.25, -0.2) is 0 Å². The fraction of sp³-hybridized carbons (Fsp3) is 0.429. The number of rotatable bonds is 6. The molecule has 0 saturated carbocycles. The summed E-state index contributed by atoms with van der Waals surface area (Å²) in [4.78, 5) is 4.41. The second kappa shape index (κ2) is 6.97. The summed E-state index contributed by atoms with van der Waals surface area (Å²) in [6.07, 6.45) is 3.50. The third-order valence-electron chi connectivity index (χ3n) is 3.30. The minimum Gasteiger partial charge on any atom is -0.271 e. The Kier molecular flexibility index (Phi) is 5.28. The largest absolute Gasteiger partial charge is 0.271 e. The molecule has 2 aromatic heterocycles. The molecule has 1 atom stereocenters. The summed E-state index contributed by atoms with van der Waals surface area (Å²) in [6.45, 7) is 5.07. The van der Waals surface area contributed by atoms with E-state index in [-0.39, 0.29) is 6.04 Å². The predicted molar refractivity (Wildman–Crippen MR) is 83.0 cm³/mol. The molecule has 3 N–H and O–H groups in total. The number of halogens is 1. The Morgan fingerprint density at radius 1 is 1.40 bits per heavy atom. The van der Waals surface area contributed by atoms with E-state index in [9.17, 15) is 0 Å². The van der Waals surface area contributed by atoms with Crippen molar-refractivity contribution < 1.29 is 0 Å². The molecule has 0 fully saturated rings. The highest BCUT2D eigenvalue weighted by Gasteiger charge is 2.15. The summed E-state index contributed by atoms with van der Waals surface area (Å²) in [6, 6.07) is 6.07. The molecule has 0 aliphatic rings. The summed E-state index contributed by atoms with van der Waals surface area (Å²) in [5.41, 5.74) is 6.06. The number of hydrazine groups is 1.